The van der Waals surface area contributed by atoms with Crippen LogP contribution in [0, 0.1) is 5.92 Å². The van der Waals surface area contributed by atoms with Crippen molar-refractivity contribution in [2.75, 3.05) is 18.8 Å². The molecule has 8 heteroatoms. The molecule has 2 atom stereocenters. The molecule has 0 aromatic rings. The number of carbonyl (C=O) groups excluding carboxylic acids is 1. The molecule has 1 aliphatic heterocycles. The molecule has 0 spiro atoms. The number of carboxylic acids is 1. The minimum atomic E-state index is -3.32. The molecule has 0 aromatic carbocycles. The van der Waals surface area contributed by atoms with Gasteiger partial charge in [-0.15, -0.1) is 0 Å². The van der Waals surface area contributed by atoms with Crippen molar-refractivity contribution in [3.8, 4) is 0 Å². The van der Waals surface area contributed by atoms with Crippen LogP contribution in [0.3, 0.4) is 0 Å². The third kappa shape index (κ3) is 5.10. The van der Waals surface area contributed by atoms with E-state index in [0.717, 1.165) is 0 Å². The SMILES string of the molecule is C/C=C/CC(NC(=O)C1CCCN(S(=O)(=O)CC)C1)C(=O)O. The van der Waals surface area contributed by atoms with Gasteiger partial charge in [0.05, 0.1) is 11.7 Å². The molecule has 0 saturated carbocycles. The van der Waals surface area contributed by atoms with Gasteiger partial charge in [-0.2, -0.15) is 0 Å². The van der Waals surface area contributed by atoms with E-state index in [2.05, 4.69) is 5.32 Å². The normalized spacial score (nSPS) is 21.6. The van der Waals surface area contributed by atoms with Gasteiger partial charge in [0.2, 0.25) is 15.9 Å². The molecule has 1 saturated heterocycles. The van der Waals surface area contributed by atoms with Gasteiger partial charge < -0.3 is 10.4 Å². The van der Waals surface area contributed by atoms with E-state index in [0.29, 0.717) is 19.4 Å². The fourth-order valence-electron chi connectivity index (χ4n) is 2.37. The van der Waals surface area contributed by atoms with Crippen LogP contribution in [0.25, 0.3) is 0 Å². The lowest BCUT2D eigenvalue weighted by Gasteiger charge is -2.31. The summed E-state index contributed by atoms with van der Waals surface area (Å²) in [5, 5.41) is 11.6. The van der Waals surface area contributed by atoms with Crippen LogP contribution in [0.15, 0.2) is 12.2 Å². The molecule has 22 heavy (non-hydrogen) atoms. The quantitative estimate of drug-likeness (QED) is 0.664. The van der Waals surface area contributed by atoms with Crippen LogP contribution < -0.4 is 5.32 Å². The summed E-state index contributed by atoms with van der Waals surface area (Å²) in [6.07, 6.45) is 4.77. The van der Waals surface area contributed by atoms with Gasteiger partial charge in [0.15, 0.2) is 0 Å². The monoisotopic (exact) mass is 332 g/mol. The van der Waals surface area contributed by atoms with Gasteiger partial charge >= 0.3 is 5.97 Å². The van der Waals surface area contributed by atoms with E-state index in [9.17, 15) is 18.0 Å². The highest BCUT2D eigenvalue weighted by Crippen LogP contribution is 2.20. The second kappa shape index (κ2) is 8.28. The lowest BCUT2D eigenvalue weighted by atomic mass is 9.98. The first-order valence-corrected chi connectivity index (χ1v) is 9.04. The first-order valence-electron chi connectivity index (χ1n) is 7.44. The summed E-state index contributed by atoms with van der Waals surface area (Å²) in [5.41, 5.74) is 0. The molecule has 0 aliphatic carbocycles. The van der Waals surface area contributed by atoms with Gasteiger partial charge in [-0.3, -0.25) is 4.79 Å². The third-order valence-electron chi connectivity index (χ3n) is 3.74. The minimum Gasteiger partial charge on any atom is -0.480 e. The molecule has 7 nitrogen and oxygen atoms in total. The lowest BCUT2D eigenvalue weighted by molar-refractivity contribution is -0.142. The third-order valence-corrected chi connectivity index (χ3v) is 5.58. The number of aliphatic carboxylic acids is 1. The Balaban J connectivity index is 2.70. The van der Waals surface area contributed by atoms with Gasteiger partial charge in [0.1, 0.15) is 6.04 Å². The highest BCUT2D eigenvalue weighted by molar-refractivity contribution is 7.89. The van der Waals surface area contributed by atoms with Crippen molar-refractivity contribution < 1.29 is 23.1 Å². The minimum absolute atomic E-state index is 0.000382. The number of rotatable bonds is 7. The van der Waals surface area contributed by atoms with Crippen LogP contribution in [0.2, 0.25) is 0 Å². The summed E-state index contributed by atoms with van der Waals surface area (Å²) in [7, 11) is -3.32. The summed E-state index contributed by atoms with van der Waals surface area (Å²) in [4.78, 5) is 23.4. The van der Waals surface area contributed by atoms with Gasteiger partial charge in [-0.05, 0) is 33.1 Å². The second-order valence-electron chi connectivity index (χ2n) is 5.30. The molecule has 1 rings (SSSR count). The second-order valence-corrected chi connectivity index (χ2v) is 7.56. The number of hydrogen-bond acceptors (Lipinski definition) is 4. The zero-order chi connectivity index (χ0) is 16.8. The number of carboxylic acid groups (broad SMARTS) is 1. The summed E-state index contributed by atoms with van der Waals surface area (Å²) in [5.74, 6) is -1.99. The fourth-order valence-corrected chi connectivity index (χ4v) is 3.55. The number of hydrogen-bond donors (Lipinski definition) is 2. The standard InChI is InChI=1S/C14H24N2O5S/c1-3-5-8-12(14(18)19)15-13(17)11-7-6-9-16(10-11)22(20,21)4-2/h3,5,11-12H,4,6-10H2,1-2H3,(H,15,17)(H,18,19)/b5-3+. The Morgan fingerprint density at radius 2 is 2.14 bits per heavy atom. The lowest BCUT2D eigenvalue weighted by Crippen LogP contribution is -2.49. The largest absolute Gasteiger partial charge is 0.480 e. The Morgan fingerprint density at radius 3 is 2.68 bits per heavy atom. The van der Waals surface area contributed by atoms with Gasteiger partial charge in [0, 0.05) is 13.1 Å². The number of nitrogens with zero attached hydrogens (tertiary/aromatic N) is 1. The zero-order valence-electron chi connectivity index (χ0n) is 13.0. The van der Waals surface area contributed by atoms with E-state index in [4.69, 9.17) is 5.11 Å². The smallest absolute Gasteiger partial charge is 0.326 e. The molecular formula is C14H24N2O5S. The van der Waals surface area contributed by atoms with Crippen molar-refractivity contribution in [2.24, 2.45) is 5.92 Å². The molecule has 2 N–H and O–H groups in total. The number of carbonyl (C=O) groups is 2. The molecule has 2 unspecified atom stereocenters. The Kier molecular flexibility index (Phi) is 7.02. The van der Waals surface area contributed by atoms with E-state index in [1.807, 2.05) is 0 Å². The van der Waals surface area contributed by atoms with Crippen LogP contribution in [-0.4, -0.2) is 54.6 Å². The Morgan fingerprint density at radius 1 is 1.45 bits per heavy atom. The highest BCUT2D eigenvalue weighted by Gasteiger charge is 2.32. The highest BCUT2D eigenvalue weighted by atomic mass is 32.2. The van der Waals surface area contributed by atoms with Crippen LogP contribution in [0.1, 0.15) is 33.1 Å². The van der Waals surface area contributed by atoms with Gasteiger partial charge in [0.25, 0.3) is 0 Å². The predicted octanol–water partition coefficient (Wildman–Crippen LogP) is 0.584. The molecule has 1 fully saturated rings. The Hall–Kier alpha value is -1.41. The molecule has 1 aliphatic rings. The van der Waals surface area contributed by atoms with Gasteiger partial charge in [-0.1, -0.05) is 12.2 Å². The number of nitrogens with one attached hydrogen (secondary N) is 1. The van der Waals surface area contributed by atoms with Crippen molar-refractivity contribution in [1.82, 2.24) is 9.62 Å². The zero-order valence-corrected chi connectivity index (χ0v) is 13.8. The van der Waals surface area contributed by atoms with E-state index in [1.165, 1.54) is 4.31 Å². The fraction of sp³-hybridized carbons (Fsp3) is 0.714. The van der Waals surface area contributed by atoms with Crippen LogP contribution in [0.5, 0.6) is 0 Å². The molecule has 1 heterocycles. The van der Waals surface area contributed by atoms with E-state index >= 15 is 0 Å². The summed E-state index contributed by atoms with van der Waals surface area (Å²) in [6, 6.07) is -0.984. The van der Waals surface area contributed by atoms with Crippen molar-refractivity contribution in [3.63, 3.8) is 0 Å². The molecular weight excluding hydrogens is 308 g/mol. The maximum Gasteiger partial charge on any atom is 0.326 e. The number of amides is 1. The average molecular weight is 332 g/mol. The first kappa shape index (κ1) is 18.6. The molecule has 1 amide bonds. The maximum absolute atomic E-state index is 12.2. The predicted molar refractivity (Wildman–Crippen MR) is 82.8 cm³/mol. The van der Waals surface area contributed by atoms with Crippen LogP contribution in [-0.2, 0) is 19.6 Å². The molecule has 126 valence electrons. The Bertz CT molecular complexity index is 529. The van der Waals surface area contributed by atoms with E-state index < -0.39 is 33.9 Å². The van der Waals surface area contributed by atoms with Crippen molar-refractivity contribution in [2.45, 2.75) is 39.2 Å². The average Bonchev–Trinajstić information content (AvgIpc) is 2.51. The topological polar surface area (TPSA) is 104 Å². The maximum atomic E-state index is 12.2. The van der Waals surface area contributed by atoms with Crippen LogP contribution in [0.4, 0.5) is 0 Å². The van der Waals surface area contributed by atoms with Crippen molar-refractivity contribution in [3.05, 3.63) is 12.2 Å². The number of sulfonamides is 1. The van der Waals surface area contributed by atoms with Crippen LogP contribution >= 0.6 is 0 Å². The van der Waals surface area contributed by atoms with Crippen molar-refractivity contribution in [1.29, 1.82) is 0 Å². The summed E-state index contributed by atoms with van der Waals surface area (Å²) >= 11 is 0. The summed E-state index contributed by atoms with van der Waals surface area (Å²) in [6.45, 7) is 3.88. The molecule has 0 radical (unpaired) electrons. The number of piperidine rings is 1. The first-order chi connectivity index (χ1) is 10.3. The van der Waals surface area contributed by atoms with E-state index in [1.54, 1.807) is 26.0 Å². The molecule has 0 bridgehead atoms. The summed E-state index contributed by atoms with van der Waals surface area (Å²) < 4.78 is 25.1. The van der Waals surface area contributed by atoms with Gasteiger partial charge in [-0.25, -0.2) is 17.5 Å². The van der Waals surface area contributed by atoms with E-state index in [-0.39, 0.29) is 18.7 Å². The van der Waals surface area contributed by atoms with Crippen molar-refractivity contribution >= 4 is 21.9 Å². The molecule has 0 aromatic heterocycles. The number of allylic oxidation sites excluding steroid dienone is 1. The Labute approximate surface area is 131 Å².